The maximum atomic E-state index is 12.6. The Morgan fingerprint density at radius 1 is 1.06 bits per heavy atom. The van der Waals surface area contributed by atoms with E-state index in [1.165, 1.54) is 0 Å². The molecule has 0 atom stereocenters. The summed E-state index contributed by atoms with van der Waals surface area (Å²) in [6.07, 6.45) is 0. The molecule has 12 nitrogen and oxygen atoms in total. The van der Waals surface area contributed by atoms with Gasteiger partial charge in [-0.1, -0.05) is 30.3 Å². The van der Waals surface area contributed by atoms with Gasteiger partial charge < -0.3 is 15.0 Å². The molecule has 12 heteroatoms. The van der Waals surface area contributed by atoms with Crippen molar-refractivity contribution in [1.29, 1.82) is 0 Å². The van der Waals surface area contributed by atoms with E-state index < -0.39 is 27.2 Å². The molecule has 0 saturated heterocycles. The standard InChI is InChI=1S/C20H16N6O6/c1-2-32-20(27)16-17-19(24(18(16)21)10-11-6-4-3-5-7-11)23-13-9-15(26(30)31)14(25(28)29)8-12(13)22-17/h3-9H,2,10,21H2,1H3. The Balaban J connectivity index is 2.04. The molecule has 4 aromatic rings. The minimum atomic E-state index is -0.870. The molecule has 0 aliphatic rings. The van der Waals surface area contributed by atoms with Crippen LogP contribution in [0.1, 0.15) is 22.8 Å². The lowest BCUT2D eigenvalue weighted by Crippen LogP contribution is -2.10. The quantitative estimate of drug-likeness (QED) is 0.271. The summed E-state index contributed by atoms with van der Waals surface area (Å²) in [5.41, 5.74) is 6.03. The van der Waals surface area contributed by atoms with Gasteiger partial charge in [-0.05, 0) is 12.5 Å². The van der Waals surface area contributed by atoms with Gasteiger partial charge in [0.05, 0.1) is 46.2 Å². The first-order valence-corrected chi connectivity index (χ1v) is 9.45. The number of nitro groups is 2. The van der Waals surface area contributed by atoms with Crippen LogP contribution in [0.2, 0.25) is 0 Å². The molecule has 0 fully saturated rings. The maximum Gasteiger partial charge on any atom is 0.348 e. The number of hydrogen-bond acceptors (Lipinski definition) is 9. The number of nitro benzene ring substituents is 2. The third-order valence-corrected chi connectivity index (χ3v) is 4.84. The minimum Gasteiger partial charge on any atom is -0.462 e. The Labute approximate surface area is 179 Å². The van der Waals surface area contributed by atoms with Crippen LogP contribution in [0.15, 0.2) is 42.5 Å². The van der Waals surface area contributed by atoms with E-state index in [9.17, 15) is 25.0 Å². The van der Waals surface area contributed by atoms with E-state index in [4.69, 9.17) is 10.5 Å². The van der Waals surface area contributed by atoms with Crippen LogP contribution in [0.5, 0.6) is 0 Å². The van der Waals surface area contributed by atoms with Gasteiger partial charge in [-0.15, -0.1) is 0 Å². The van der Waals surface area contributed by atoms with Crippen molar-refractivity contribution in [3.63, 3.8) is 0 Å². The van der Waals surface area contributed by atoms with E-state index in [1.54, 1.807) is 11.5 Å². The van der Waals surface area contributed by atoms with Gasteiger partial charge >= 0.3 is 17.3 Å². The van der Waals surface area contributed by atoms with Crippen LogP contribution in [0.3, 0.4) is 0 Å². The Kier molecular flexibility index (Phi) is 5.10. The van der Waals surface area contributed by atoms with Gasteiger partial charge in [0.1, 0.15) is 16.9 Å². The SMILES string of the molecule is CCOC(=O)c1c(N)n(Cc2ccccc2)c2nc3cc([N+](=O)[O-])c([N+](=O)[O-])cc3nc12. The van der Waals surface area contributed by atoms with Crippen molar-refractivity contribution in [2.24, 2.45) is 0 Å². The second kappa shape index (κ2) is 7.91. The Bertz CT molecular complexity index is 1400. The number of rotatable bonds is 6. The third kappa shape index (κ3) is 3.43. The fourth-order valence-electron chi connectivity index (χ4n) is 3.42. The first-order chi connectivity index (χ1) is 15.3. The summed E-state index contributed by atoms with van der Waals surface area (Å²) in [5, 5.41) is 22.6. The first kappa shape index (κ1) is 20.7. The number of benzene rings is 2. The Morgan fingerprint density at radius 2 is 1.66 bits per heavy atom. The lowest BCUT2D eigenvalue weighted by Gasteiger charge is -2.08. The molecular formula is C20H16N6O6. The van der Waals surface area contributed by atoms with Crippen molar-refractivity contribution in [2.45, 2.75) is 13.5 Å². The molecule has 0 radical (unpaired) electrons. The molecular weight excluding hydrogens is 420 g/mol. The molecule has 32 heavy (non-hydrogen) atoms. The van der Waals surface area contributed by atoms with Crippen LogP contribution < -0.4 is 5.73 Å². The topological polar surface area (TPSA) is 169 Å². The highest BCUT2D eigenvalue weighted by atomic mass is 16.6. The molecule has 2 aromatic heterocycles. The normalized spacial score (nSPS) is 11.0. The highest BCUT2D eigenvalue weighted by Crippen LogP contribution is 2.34. The lowest BCUT2D eigenvalue weighted by molar-refractivity contribution is -0.422. The van der Waals surface area contributed by atoms with Crippen LogP contribution in [0.4, 0.5) is 17.2 Å². The van der Waals surface area contributed by atoms with Crippen LogP contribution in [0, 0.1) is 20.2 Å². The van der Waals surface area contributed by atoms with Gasteiger partial charge in [0.25, 0.3) is 0 Å². The number of fused-ring (bicyclic) bond motifs is 2. The third-order valence-electron chi connectivity index (χ3n) is 4.84. The molecule has 0 saturated carbocycles. The average molecular weight is 436 g/mol. The van der Waals surface area contributed by atoms with Crippen LogP contribution in [0.25, 0.3) is 22.2 Å². The average Bonchev–Trinajstić information content (AvgIpc) is 3.02. The van der Waals surface area contributed by atoms with Crippen molar-refractivity contribution in [1.82, 2.24) is 14.5 Å². The summed E-state index contributed by atoms with van der Waals surface area (Å²) in [6, 6.07) is 11.2. The zero-order valence-corrected chi connectivity index (χ0v) is 16.7. The summed E-state index contributed by atoms with van der Waals surface area (Å²) in [4.78, 5) is 42.3. The highest BCUT2D eigenvalue weighted by molar-refractivity contribution is 6.08. The van der Waals surface area contributed by atoms with Crippen molar-refractivity contribution in [2.75, 3.05) is 12.3 Å². The number of hydrogen-bond donors (Lipinski definition) is 1. The second-order valence-corrected chi connectivity index (χ2v) is 6.79. The molecule has 0 unspecified atom stereocenters. The fraction of sp³-hybridized carbons (Fsp3) is 0.150. The van der Waals surface area contributed by atoms with Crippen molar-refractivity contribution < 1.29 is 19.4 Å². The second-order valence-electron chi connectivity index (χ2n) is 6.79. The van der Waals surface area contributed by atoms with E-state index in [0.717, 1.165) is 17.7 Å². The van der Waals surface area contributed by atoms with E-state index in [0.29, 0.717) is 0 Å². The summed E-state index contributed by atoms with van der Waals surface area (Å²) >= 11 is 0. The van der Waals surface area contributed by atoms with E-state index in [2.05, 4.69) is 9.97 Å². The Hall–Kier alpha value is -4.61. The number of carbonyl (C=O) groups excluding carboxylic acids is 1. The number of ether oxygens (including phenoxy) is 1. The predicted molar refractivity (Wildman–Crippen MR) is 114 cm³/mol. The summed E-state index contributed by atoms with van der Waals surface area (Å²) in [5.74, 6) is -0.659. The largest absolute Gasteiger partial charge is 0.462 e. The Morgan fingerprint density at radius 3 is 2.22 bits per heavy atom. The molecule has 0 aliphatic heterocycles. The first-order valence-electron chi connectivity index (χ1n) is 9.45. The van der Waals surface area contributed by atoms with Crippen molar-refractivity contribution >= 4 is 45.4 Å². The minimum absolute atomic E-state index is 0.0113. The fourth-order valence-corrected chi connectivity index (χ4v) is 3.42. The van der Waals surface area contributed by atoms with Crippen LogP contribution >= 0.6 is 0 Å². The smallest absolute Gasteiger partial charge is 0.348 e. The molecule has 4 rings (SSSR count). The maximum absolute atomic E-state index is 12.6. The van der Waals surface area contributed by atoms with Gasteiger partial charge in [0.2, 0.25) is 0 Å². The number of aromatic nitrogens is 3. The molecule has 2 aromatic carbocycles. The van der Waals surface area contributed by atoms with Crippen LogP contribution in [-0.2, 0) is 11.3 Å². The number of nitrogen functional groups attached to an aromatic ring is 1. The monoisotopic (exact) mass is 436 g/mol. The van der Waals surface area contributed by atoms with Gasteiger partial charge in [0.15, 0.2) is 5.65 Å². The molecule has 0 spiro atoms. The molecule has 0 aliphatic carbocycles. The van der Waals surface area contributed by atoms with Crippen molar-refractivity contribution in [3.05, 3.63) is 73.8 Å². The predicted octanol–water partition coefficient (Wildman–Crippen LogP) is 3.21. The summed E-state index contributed by atoms with van der Waals surface area (Å²) in [7, 11) is 0. The van der Waals surface area contributed by atoms with E-state index in [-0.39, 0.29) is 46.7 Å². The molecule has 162 valence electrons. The van der Waals surface area contributed by atoms with Crippen molar-refractivity contribution in [3.8, 4) is 0 Å². The van der Waals surface area contributed by atoms with Gasteiger partial charge in [-0.25, -0.2) is 14.8 Å². The number of anilines is 1. The van der Waals surface area contributed by atoms with E-state index >= 15 is 0 Å². The zero-order chi connectivity index (χ0) is 23.0. The summed E-state index contributed by atoms with van der Waals surface area (Å²) in [6.45, 7) is 1.99. The number of esters is 1. The highest BCUT2D eigenvalue weighted by Gasteiger charge is 2.29. The molecule has 2 N–H and O–H groups in total. The number of nitrogens with two attached hydrogens (primary N) is 1. The van der Waals surface area contributed by atoms with Crippen LogP contribution in [-0.4, -0.2) is 37.0 Å². The van der Waals surface area contributed by atoms with Gasteiger partial charge in [-0.3, -0.25) is 20.2 Å². The number of carbonyl (C=O) groups is 1. The summed E-state index contributed by atoms with van der Waals surface area (Å²) < 4.78 is 6.66. The number of nitrogens with zero attached hydrogens (tertiary/aromatic N) is 5. The lowest BCUT2D eigenvalue weighted by atomic mass is 10.2. The van der Waals surface area contributed by atoms with Gasteiger partial charge in [0, 0.05) is 0 Å². The molecule has 0 bridgehead atoms. The zero-order valence-electron chi connectivity index (χ0n) is 16.7. The van der Waals surface area contributed by atoms with E-state index in [1.807, 2.05) is 30.3 Å². The van der Waals surface area contributed by atoms with Gasteiger partial charge in [-0.2, -0.15) is 0 Å². The molecule has 2 heterocycles. The molecule has 0 amide bonds.